The van der Waals surface area contributed by atoms with Crippen LogP contribution in [-0.2, 0) is 0 Å². The molecule has 0 aromatic carbocycles. The van der Waals surface area contributed by atoms with Crippen molar-refractivity contribution < 1.29 is 10.2 Å². The number of unbranched alkanes of at least 4 members (excludes halogenated alkanes) is 1. The zero-order valence-electron chi connectivity index (χ0n) is 6.71. The first-order chi connectivity index (χ1) is 4.81. The van der Waals surface area contributed by atoms with Gasteiger partial charge in [0.15, 0.2) is 0 Å². The minimum absolute atomic E-state index is 0.292. The Morgan fingerprint density at radius 2 is 1.70 bits per heavy atom. The molecule has 10 heavy (non-hydrogen) atoms. The van der Waals surface area contributed by atoms with Gasteiger partial charge in [-0.05, 0) is 18.8 Å². The molecule has 0 fully saturated rings. The topological polar surface area (TPSA) is 40.5 Å². The Kier molecular flexibility index (Phi) is 6.98. The van der Waals surface area contributed by atoms with Crippen LogP contribution in [0.3, 0.4) is 0 Å². The molecule has 0 aliphatic rings. The van der Waals surface area contributed by atoms with E-state index in [1.165, 1.54) is 0 Å². The van der Waals surface area contributed by atoms with E-state index >= 15 is 0 Å². The molecule has 0 aliphatic carbocycles. The highest BCUT2D eigenvalue weighted by Gasteiger charge is 1.99. The SMILES string of the molecule is CC(CCO)CCCCO. The smallest absolute Gasteiger partial charge is 0.0433 e. The van der Waals surface area contributed by atoms with Gasteiger partial charge in [0.25, 0.3) is 0 Å². The summed E-state index contributed by atoms with van der Waals surface area (Å²) in [7, 11) is 0. The number of rotatable bonds is 6. The van der Waals surface area contributed by atoms with Crippen LogP contribution in [0.5, 0.6) is 0 Å². The first-order valence-corrected chi connectivity index (χ1v) is 4.03. The van der Waals surface area contributed by atoms with Crippen molar-refractivity contribution in [3.05, 3.63) is 0 Å². The van der Waals surface area contributed by atoms with Crippen LogP contribution in [0.2, 0.25) is 0 Å². The van der Waals surface area contributed by atoms with Crippen LogP contribution < -0.4 is 0 Å². The van der Waals surface area contributed by atoms with E-state index in [1.54, 1.807) is 0 Å². The number of hydrogen-bond acceptors (Lipinski definition) is 2. The van der Waals surface area contributed by atoms with E-state index in [2.05, 4.69) is 6.92 Å². The van der Waals surface area contributed by atoms with Crippen LogP contribution in [0, 0.1) is 5.92 Å². The second-order valence-electron chi connectivity index (χ2n) is 2.84. The van der Waals surface area contributed by atoms with E-state index < -0.39 is 0 Å². The van der Waals surface area contributed by atoms with Crippen molar-refractivity contribution in [2.45, 2.75) is 32.6 Å². The maximum Gasteiger partial charge on any atom is 0.0433 e. The second kappa shape index (κ2) is 7.03. The quantitative estimate of drug-likeness (QED) is 0.552. The average Bonchev–Trinajstić information content (AvgIpc) is 1.89. The van der Waals surface area contributed by atoms with E-state index in [0.717, 1.165) is 25.7 Å². The van der Waals surface area contributed by atoms with Gasteiger partial charge < -0.3 is 10.2 Å². The molecule has 1 atom stereocenters. The lowest BCUT2D eigenvalue weighted by Gasteiger charge is -2.07. The van der Waals surface area contributed by atoms with Gasteiger partial charge in [-0.25, -0.2) is 0 Å². The summed E-state index contributed by atoms with van der Waals surface area (Å²) in [5.41, 5.74) is 0. The molecule has 0 amide bonds. The Bertz CT molecular complexity index is 64.3. The molecule has 0 spiro atoms. The van der Waals surface area contributed by atoms with Crippen LogP contribution in [0.15, 0.2) is 0 Å². The van der Waals surface area contributed by atoms with Crippen molar-refractivity contribution in [2.24, 2.45) is 5.92 Å². The molecule has 0 saturated heterocycles. The molecule has 0 heterocycles. The highest BCUT2D eigenvalue weighted by atomic mass is 16.3. The van der Waals surface area contributed by atoms with Gasteiger partial charge in [-0.1, -0.05) is 19.8 Å². The average molecular weight is 146 g/mol. The lowest BCUT2D eigenvalue weighted by molar-refractivity contribution is 0.248. The molecule has 1 unspecified atom stereocenters. The van der Waals surface area contributed by atoms with Gasteiger partial charge in [0.1, 0.15) is 0 Å². The van der Waals surface area contributed by atoms with Gasteiger partial charge in [-0.3, -0.25) is 0 Å². The molecule has 0 aromatic rings. The molecule has 0 rings (SSSR count). The molecule has 0 aromatic heterocycles. The summed E-state index contributed by atoms with van der Waals surface area (Å²) in [6.07, 6.45) is 4.00. The highest BCUT2D eigenvalue weighted by Crippen LogP contribution is 2.10. The maximum absolute atomic E-state index is 8.54. The van der Waals surface area contributed by atoms with Gasteiger partial charge in [0.05, 0.1) is 0 Å². The van der Waals surface area contributed by atoms with E-state index in [9.17, 15) is 0 Å². The van der Waals surface area contributed by atoms with E-state index in [0.29, 0.717) is 19.1 Å². The number of aliphatic hydroxyl groups excluding tert-OH is 2. The number of aliphatic hydroxyl groups is 2. The van der Waals surface area contributed by atoms with Crippen molar-refractivity contribution in [3.63, 3.8) is 0 Å². The Morgan fingerprint density at radius 1 is 1.00 bits per heavy atom. The summed E-state index contributed by atoms with van der Waals surface area (Å²) >= 11 is 0. The fourth-order valence-electron chi connectivity index (χ4n) is 0.969. The zero-order valence-corrected chi connectivity index (χ0v) is 6.71. The Hall–Kier alpha value is -0.0800. The second-order valence-corrected chi connectivity index (χ2v) is 2.84. The van der Waals surface area contributed by atoms with Gasteiger partial charge in [-0.2, -0.15) is 0 Å². The van der Waals surface area contributed by atoms with Crippen molar-refractivity contribution in [3.8, 4) is 0 Å². The third-order valence-electron chi connectivity index (χ3n) is 1.73. The summed E-state index contributed by atoms with van der Waals surface area (Å²) in [5, 5.41) is 17.0. The lowest BCUT2D eigenvalue weighted by atomic mass is 10.0. The van der Waals surface area contributed by atoms with Crippen molar-refractivity contribution >= 4 is 0 Å². The van der Waals surface area contributed by atoms with Crippen LogP contribution in [-0.4, -0.2) is 23.4 Å². The van der Waals surface area contributed by atoms with Crippen LogP contribution in [0.25, 0.3) is 0 Å². The van der Waals surface area contributed by atoms with Crippen molar-refractivity contribution in [1.82, 2.24) is 0 Å². The summed E-state index contributed by atoms with van der Waals surface area (Å²) in [5.74, 6) is 0.608. The van der Waals surface area contributed by atoms with E-state index in [1.807, 2.05) is 0 Å². The molecule has 0 bridgehead atoms. The van der Waals surface area contributed by atoms with E-state index in [4.69, 9.17) is 10.2 Å². The van der Waals surface area contributed by atoms with Gasteiger partial charge in [0.2, 0.25) is 0 Å². The van der Waals surface area contributed by atoms with Crippen LogP contribution in [0.4, 0.5) is 0 Å². The van der Waals surface area contributed by atoms with Gasteiger partial charge in [0, 0.05) is 13.2 Å². The third-order valence-corrected chi connectivity index (χ3v) is 1.73. The van der Waals surface area contributed by atoms with Crippen LogP contribution >= 0.6 is 0 Å². The molecule has 0 radical (unpaired) electrons. The molecule has 2 heteroatoms. The van der Waals surface area contributed by atoms with Gasteiger partial charge in [-0.15, -0.1) is 0 Å². The zero-order chi connectivity index (χ0) is 7.82. The number of hydrogen-bond donors (Lipinski definition) is 2. The first-order valence-electron chi connectivity index (χ1n) is 4.03. The Morgan fingerprint density at radius 3 is 2.20 bits per heavy atom. The van der Waals surface area contributed by atoms with Gasteiger partial charge >= 0.3 is 0 Å². The summed E-state index contributed by atoms with van der Waals surface area (Å²) < 4.78 is 0. The minimum Gasteiger partial charge on any atom is -0.396 e. The fourth-order valence-corrected chi connectivity index (χ4v) is 0.969. The molecule has 0 saturated carbocycles. The summed E-state index contributed by atoms with van der Waals surface area (Å²) in [4.78, 5) is 0. The minimum atomic E-state index is 0.292. The van der Waals surface area contributed by atoms with Crippen molar-refractivity contribution in [1.29, 1.82) is 0 Å². The monoisotopic (exact) mass is 146 g/mol. The maximum atomic E-state index is 8.54. The predicted molar refractivity (Wildman–Crippen MR) is 41.8 cm³/mol. The van der Waals surface area contributed by atoms with Crippen LogP contribution in [0.1, 0.15) is 32.6 Å². The van der Waals surface area contributed by atoms with Crippen molar-refractivity contribution in [2.75, 3.05) is 13.2 Å². The standard InChI is InChI=1S/C8H18O2/c1-8(5-7-10)4-2-3-6-9/h8-10H,2-7H2,1H3. The highest BCUT2D eigenvalue weighted by molar-refractivity contribution is 4.51. The largest absolute Gasteiger partial charge is 0.396 e. The molecule has 2 N–H and O–H groups in total. The van der Waals surface area contributed by atoms with E-state index in [-0.39, 0.29) is 0 Å². The predicted octanol–water partition coefficient (Wildman–Crippen LogP) is 1.17. The normalized spacial score (nSPS) is 13.5. The molecule has 2 nitrogen and oxygen atoms in total. The fraction of sp³-hybridized carbons (Fsp3) is 1.00. The Labute approximate surface area is 62.9 Å². The summed E-state index contributed by atoms with van der Waals surface area (Å²) in [6, 6.07) is 0. The molecular weight excluding hydrogens is 128 g/mol. The summed E-state index contributed by atoms with van der Waals surface area (Å²) in [6.45, 7) is 2.72. The molecule has 0 aliphatic heterocycles. The lowest BCUT2D eigenvalue weighted by Crippen LogP contribution is -1.98. The Balaban J connectivity index is 2.97. The molecular formula is C8H18O2. The third kappa shape index (κ3) is 6.05. The first kappa shape index (κ1) is 9.92. The molecule has 62 valence electrons.